The molecule has 1 aromatic heterocycles. The number of benzene rings is 2. The Hall–Kier alpha value is -2.29. The van der Waals surface area contributed by atoms with Gasteiger partial charge in [0.2, 0.25) is 0 Å². The zero-order valence-corrected chi connectivity index (χ0v) is 8.31. The SMILES string of the molecule is O=Cc1c(O)ccc2c1oc1ccccc12. The van der Waals surface area contributed by atoms with E-state index in [1.165, 1.54) is 6.07 Å². The van der Waals surface area contributed by atoms with Gasteiger partial charge in [-0.1, -0.05) is 18.2 Å². The molecule has 0 aliphatic rings. The average molecular weight is 212 g/mol. The third kappa shape index (κ3) is 1.05. The number of phenolic OH excluding ortho intramolecular Hbond substituents is 1. The van der Waals surface area contributed by atoms with Gasteiger partial charge >= 0.3 is 0 Å². The highest BCUT2D eigenvalue weighted by Gasteiger charge is 2.12. The number of fused-ring (bicyclic) bond motifs is 3. The minimum atomic E-state index is -0.0541. The Morgan fingerprint density at radius 1 is 1.06 bits per heavy atom. The van der Waals surface area contributed by atoms with E-state index in [1.54, 1.807) is 6.07 Å². The Morgan fingerprint density at radius 3 is 2.69 bits per heavy atom. The number of hydrogen-bond donors (Lipinski definition) is 1. The average Bonchev–Trinajstić information content (AvgIpc) is 2.67. The molecule has 3 heteroatoms. The number of furan rings is 1. The first kappa shape index (κ1) is 8.97. The zero-order valence-electron chi connectivity index (χ0n) is 8.31. The van der Waals surface area contributed by atoms with Crippen LogP contribution in [-0.2, 0) is 0 Å². The van der Waals surface area contributed by atoms with Crippen molar-refractivity contribution in [2.24, 2.45) is 0 Å². The number of aromatic hydroxyl groups is 1. The molecule has 0 aliphatic carbocycles. The van der Waals surface area contributed by atoms with Crippen molar-refractivity contribution in [3.63, 3.8) is 0 Å². The molecule has 0 spiro atoms. The molecular weight excluding hydrogens is 204 g/mol. The van der Waals surface area contributed by atoms with Gasteiger partial charge in [0.1, 0.15) is 16.9 Å². The molecule has 0 aliphatic heterocycles. The van der Waals surface area contributed by atoms with Crippen molar-refractivity contribution in [3.05, 3.63) is 42.0 Å². The van der Waals surface area contributed by atoms with Crippen LogP contribution in [-0.4, -0.2) is 11.4 Å². The van der Waals surface area contributed by atoms with Gasteiger partial charge in [0.15, 0.2) is 6.29 Å². The van der Waals surface area contributed by atoms with Crippen LogP contribution in [0.25, 0.3) is 21.9 Å². The molecule has 0 saturated heterocycles. The van der Waals surface area contributed by atoms with Crippen molar-refractivity contribution in [2.45, 2.75) is 0 Å². The van der Waals surface area contributed by atoms with Gasteiger partial charge in [0, 0.05) is 10.8 Å². The molecule has 3 nitrogen and oxygen atoms in total. The van der Waals surface area contributed by atoms with Crippen LogP contribution in [0.4, 0.5) is 0 Å². The Kier molecular flexibility index (Phi) is 1.74. The van der Waals surface area contributed by atoms with E-state index in [0.717, 1.165) is 10.8 Å². The van der Waals surface area contributed by atoms with Crippen LogP contribution in [0.1, 0.15) is 10.4 Å². The molecule has 0 bridgehead atoms. The first-order valence-electron chi connectivity index (χ1n) is 4.89. The van der Waals surface area contributed by atoms with Gasteiger partial charge in [-0.05, 0) is 18.2 Å². The smallest absolute Gasteiger partial charge is 0.157 e. The maximum absolute atomic E-state index is 10.9. The molecule has 16 heavy (non-hydrogen) atoms. The van der Waals surface area contributed by atoms with Gasteiger partial charge in [0.05, 0.1) is 5.56 Å². The molecule has 78 valence electrons. The van der Waals surface area contributed by atoms with Crippen LogP contribution in [0.5, 0.6) is 5.75 Å². The van der Waals surface area contributed by atoms with Crippen LogP contribution >= 0.6 is 0 Å². The monoisotopic (exact) mass is 212 g/mol. The largest absolute Gasteiger partial charge is 0.507 e. The molecule has 0 saturated carbocycles. The first-order chi connectivity index (χ1) is 7.81. The van der Waals surface area contributed by atoms with Crippen molar-refractivity contribution in [1.29, 1.82) is 0 Å². The summed E-state index contributed by atoms with van der Waals surface area (Å²) in [6, 6.07) is 10.8. The predicted octanol–water partition coefficient (Wildman–Crippen LogP) is 3.10. The summed E-state index contributed by atoms with van der Waals surface area (Å²) in [6.07, 6.45) is 0.611. The molecule has 0 unspecified atom stereocenters. The van der Waals surface area contributed by atoms with E-state index in [9.17, 15) is 9.90 Å². The molecule has 1 N–H and O–H groups in total. The highest BCUT2D eigenvalue weighted by atomic mass is 16.3. The van der Waals surface area contributed by atoms with Gasteiger partial charge in [0.25, 0.3) is 0 Å². The van der Waals surface area contributed by atoms with E-state index in [2.05, 4.69) is 0 Å². The summed E-state index contributed by atoms with van der Waals surface area (Å²) in [5.41, 5.74) is 1.36. The second-order valence-electron chi connectivity index (χ2n) is 3.59. The van der Waals surface area contributed by atoms with Crippen molar-refractivity contribution < 1.29 is 14.3 Å². The lowest BCUT2D eigenvalue weighted by Gasteiger charge is -1.96. The quantitative estimate of drug-likeness (QED) is 0.630. The summed E-state index contributed by atoms with van der Waals surface area (Å²) in [7, 11) is 0. The third-order valence-electron chi connectivity index (χ3n) is 2.68. The topological polar surface area (TPSA) is 50.4 Å². The molecule has 2 aromatic carbocycles. The fourth-order valence-corrected chi connectivity index (χ4v) is 1.91. The van der Waals surface area contributed by atoms with Gasteiger partial charge in [-0.2, -0.15) is 0 Å². The lowest BCUT2D eigenvalue weighted by molar-refractivity contribution is 0.112. The van der Waals surface area contributed by atoms with Gasteiger partial charge in [-0.3, -0.25) is 4.79 Å². The number of phenols is 1. The number of carbonyl (C=O) groups is 1. The number of carbonyl (C=O) groups excluding carboxylic acids is 1. The van der Waals surface area contributed by atoms with Crippen molar-refractivity contribution in [3.8, 4) is 5.75 Å². The van der Waals surface area contributed by atoms with Crippen molar-refractivity contribution in [2.75, 3.05) is 0 Å². The fourth-order valence-electron chi connectivity index (χ4n) is 1.91. The lowest BCUT2D eigenvalue weighted by atomic mass is 10.1. The lowest BCUT2D eigenvalue weighted by Crippen LogP contribution is -1.81. The van der Waals surface area contributed by atoms with Gasteiger partial charge in [-0.15, -0.1) is 0 Å². The van der Waals surface area contributed by atoms with E-state index < -0.39 is 0 Å². The summed E-state index contributed by atoms with van der Waals surface area (Å²) in [5, 5.41) is 11.3. The van der Waals surface area contributed by atoms with Crippen LogP contribution in [0.2, 0.25) is 0 Å². The van der Waals surface area contributed by atoms with E-state index in [-0.39, 0.29) is 11.3 Å². The van der Waals surface area contributed by atoms with Crippen molar-refractivity contribution in [1.82, 2.24) is 0 Å². The number of hydrogen-bond acceptors (Lipinski definition) is 3. The first-order valence-corrected chi connectivity index (χ1v) is 4.89. The molecule has 0 atom stereocenters. The summed E-state index contributed by atoms with van der Waals surface area (Å²) < 4.78 is 5.56. The molecule has 0 fully saturated rings. The number of aldehydes is 1. The zero-order chi connectivity index (χ0) is 11.1. The van der Waals surface area contributed by atoms with Crippen LogP contribution in [0.15, 0.2) is 40.8 Å². The highest BCUT2D eigenvalue weighted by molar-refractivity contribution is 6.10. The van der Waals surface area contributed by atoms with E-state index >= 15 is 0 Å². The van der Waals surface area contributed by atoms with E-state index in [4.69, 9.17) is 4.42 Å². The molecular formula is C13H8O3. The molecule has 0 amide bonds. The van der Waals surface area contributed by atoms with E-state index in [0.29, 0.717) is 17.5 Å². The van der Waals surface area contributed by atoms with Gasteiger partial charge in [-0.25, -0.2) is 0 Å². The Balaban J connectivity index is 2.58. The summed E-state index contributed by atoms with van der Waals surface area (Å²) in [4.78, 5) is 10.9. The number of para-hydroxylation sites is 1. The minimum absolute atomic E-state index is 0.0541. The highest BCUT2D eigenvalue weighted by Crippen LogP contribution is 2.33. The molecule has 1 heterocycles. The second kappa shape index (κ2) is 3.10. The van der Waals surface area contributed by atoms with Gasteiger partial charge < -0.3 is 9.52 Å². The maximum atomic E-state index is 10.9. The van der Waals surface area contributed by atoms with Crippen LogP contribution in [0, 0.1) is 0 Å². The molecule has 3 aromatic rings. The standard InChI is InChI=1S/C13H8O3/c14-7-10-11(15)6-5-9-8-3-1-2-4-12(8)16-13(9)10/h1-7,15H. The summed E-state index contributed by atoms with van der Waals surface area (Å²) >= 11 is 0. The van der Waals surface area contributed by atoms with Crippen molar-refractivity contribution >= 4 is 28.2 Å². The van der Waals surface area contributed by atoms with Crippen LogP contribution in [0.3, 0.4) is 0 Å². The Bertz CT molecular complexity index is 695. The Labute approximate surface area is 90.9 Å². The predicted molar refractivity (Wildman–Crippen MR) is 60.8 cm³/mol. The normalized spacial score (nSPS) is 11.0. The summed E-state index contributed by atoms with van der Waals surface area (Å²) in [5.74, 6) is -0.0541. The number of rotatable bonds is 1. The molecule has 0 radical (unpaired) electrons. The third-order valence-corrected chi connectivity index (χ3v) is 2.68. The maximum Gasteiger partial charge on any atom is 0.157 e. The minimum Gasteiger partial charge on any atom is -0.507 e. The summed E-state index contributed by atoms with van der Waals surface area (Å²) in [6.45, 7) is 0. The fraction of sp³-hybridized carbons (Fsp3) is 0. The van der Waals surface area contributed by atoms with E-state index in [1.807, 2.05) is 24.3 Å². The van der Waals surface area contributed by atoms with Crippen LogP contribution < -0.4 is 0 Å². The molecule has 3 rings (SSSR count). The second-order valence-corrected chi connectivity index (χ2v) is 3.59. The Morgan fingerprint density at radius 2 is 1.88 bits per heavy atom.